The van der Waals surface area contributed by atoms with Gasteiger partial charge in [0.15, 0.2) is 0 Å². The normalized spacial score (nSPS) is 12.7. The molecule has 0 heterocycles. The maximum Gasteiger partial charge on any atom is 0.142 e. The molecule has 0 saturated heterocycles. The van der Waals surface area contributed by atoms with Crippen molar-refractivity contribution in [3.05, 3.63) is 23.3 Å². The Balaban J connectivity index is 0.00000191. The van der Waals surface area contributed by atoms with Gasteiger partial charge in [-0.25, -0.2) is 0 Å². The molecule has 1 atom stereocenters. The second-order valence-electron chi connectivity index (χ2n) is 5.13. The third kappa shape index (κ3) is 5.38. The third-order valence-electron chi connectivity index (χ3n) is 2.95. The molecular weight excluding hydrogens is 264 g/mol. The molecule has 21 heavy (non-hydrogen) atoms. The van der Waals surface area contributed by atoms with Crippen LogP contribution in [-0.2, 0) is 0 Å². The number of ether oxygens (including phenoxy) is 1. The lowest BCUT2D eigenvalue weighted by atomic mass is 9.96. The molecular formula is C17H30N2O2. The van der Waals surface area contributed by atoms with E-state index in [1.54, 1.807) is 7.11 Å². The van der Waals surface area contributed by atoms with Crippen molar-refractivity contribution in [2.75, 3.05) is 19.5 Å². The predicted molar refractivity (Wildman–Crippen MR) is 91.4 cm³/mol. The summed E-state index contributed by atoms with van der Waals surface area (Å²) in [4.78, 5) is 4.57. The number of nitrogen functional groups attached to an aromatic ring is 1. The number of aliphatic hydroxyl groups is 1. The van der Waals surface area contributed by atoms with Gasteiger partial charge in [-0.2, -0.15) is 0 Å². The minimum absolute atomic E-state index is 0.0269. The van der Waals surface area contributed by atoms with Gasteiger partial charge in [0.25, 0.3) is 0 Å². The molecule has 0 saturated carbocycles. The van der Waals surface area contributed by atoms with Crippen molar-refractivity contribution in [3.63, 3.8) is 0 Å². The Kier molecular flexibility index (Phi) is 8.70. The number of hydrogen-bond acceptors (Lipinski definition) is 4. The van der Waals surface area contributed by atoms with Crippen molar-refractivity contribution >= 4 is 11.4 Å². The Morgan fingerprint density at radius 2 is 1.86 bits per heavy atom. The molecule has 4 nitrogen and oxygen atoms in total. The van der Waals surface area contributed by atoms with Crippen LogP contribution in [0.4, 0.5) is 5.69 Å². The zero-order valence-electron chi connectivity index (χ0n) is 14.4. The number of nitrogens with zero attached hydrogens (tertiary/aromatic N) is 1. The summed E-state index contributed by atoms with van der Waals surface area (Å²) in [6.07, 6.45) is 0. The number of nitrogens with two attached hydrogens (primary N) is 1. The molecule has 0 fully saturated rings. The fourth-order valence-corrected chi connectivity index (χ4v) is 1.95. The molecule has 0 aliphatic carbocycles. The molecule has 1 unspecified atom stereocenters. The fraction of sp³-hybridized carbons (Fsp3) is 0.588. The average Bonchev–Trinajstić information content (AvgIpc) is 2.48. The highest BCUT2D eigenvalue weighted by Gasteiger charge is 2.16. The molecule has 0 amide bonds. The minimum Gasteiger partial charge on any atom is -0.495 e. The van der Waals surface area contributed by atoms with E-state index in [4.69, 9.17) is 10.5 Å². The third-order valence-corrected chi connectivity index (χ3v) is 2.95. The summed E-state index contributed by atoms with van der Waals surface area (Å²) in [5, 5.41) is 9.17. The second-order valence-corrected chi connectivity index (χ2v) is 5.13. The van der Waals surface area contributed by atoms with Gasteiger partial charge in [-0.1, -0.05) is 27.7 Å². The molecule has 120 valence electrons. The standard InChI is InChI=1S/C15H24N2O2.C2H6/c1-9(2)15(17-11(4)8-18)12-6-10(3)7-13(19-5)14(12)16;1-2/h6-7,9,11,18H,8,16H2,1-5H3;1-2H3. The van der Waals surface area contributed by atoms with Crippen molar-refractivity contribution in [3.8, 4) is 5.75 Å². The van der Waals surface area contributed by atoms with Gasteiger partial charge in [0.05, 0.1) is 25.4 Å². The van der Waals surface area contributed by atoms with Crippen molar-refractivity contribution < 1.29 is 9.84 Å². The number of rotatable bonds is 5. The Labute approximate surface area is 129 Å². The van der Waals surface area contributed by atoms with Gasteiger partial charge >= 0.3 is 0 Å². The SMILES string of the molecule is CC.COc1cc(C)cc(C(=NC(C)CO)C(C)C)c1N. The Morgan fingerprint density at radius 3 is 2.29 bits per heavy atom. The first-order valence-electron chi connectivity index (χ1n) is 7.53. The Hall–Kier alpha value is -1.55. The van der Waals surface area contributed by atoms with Gasteiger partial charge in [0.2, 0.25) is 0 Å². The van der Waals surface area contributed by atoms with E-state index in [0.29, 0.717) is 11.4 Å². The first-order chi connectivity index (χ1) is 9.90. The van der Waals surface area contributed by atoms with Crippen LogP contribution in [0.1, 0.15) is 45.7 Å². The van der Waals surface area contributed by atoms with E-state index < -0.39 is 0 Å². The molecule has 1 rings (SSSR count). The van der Waals surface area contributed by atoms with Crippen LogP contribution in [0.2, 0.25) is 0 Å². The van der Waals surface area contributed by atoms with Crippen LogP contribution in [-0.4, -0.2) is 30.6 Å². The van der Waals surface area contributed by atoms with E-state index in [1.807, 2.05) is 39.8 Å². The van der Waals surface area contributed by atoms with E-state index in [2.05, 4.69) is 18.8 Å². The maximum absolute atomic E-state index is 9.17. The Bertz CT molecular complexity index is 468. The van der Waals surface area contributed by atoms with E-state index in [-0.39, 0.29) is 18.6 Å². The highest BCUT2D eigenvalue weighted by molar-refractivity contribution is 6.07. The van der Waals surface area contributed by atoms with Gasteiger partial charge in [0.1, 0.15) is 5.75 Å². The monoisotopic (exact) mass is 294 g/mol. The minimum atomic E-state index is -0.136. The van der Waals surface area contributed by atoms with Crippen LogP contribution in [0.25, 0.3) is 0 Å². The number of aliphatic imine (C=N–C) groups is 1. The number of methoxy groups -OCH3 is 1. The van der Waals surface area contributed by atoms with Gasteiger partial charge in [-0.15, -0.1) is 0 Å². The van der Waals surface area contributed by atoms with Crippen LogP contribution in [0, 0.1) is 12.8 Å². The summed E-state index contributed by atoms with van der Waals surface area (Å²) in [6.45, 7) is 12.0. The van der Waals surface area contributed by atoms with E-state index in [0.717, 1.165) is 16.8 Å². The molecule has 4 heteroatoms. The van der Waals surface area contributed by atoms with Gasteiger partial charge in [-0.05, 0) is 37.5 Å². The molecule has 0 aromatic heterocycles. The molecule has 0 aliphatic heterocycles. The van der Waals surface area contributed by atoms with Crippen LogP contribution < -0.4 is 10.5 Å². The smallest absolute Gasteiger partial charge is 0.142 e. The molecule has 3 N–H and O–H groups in total. The summed E-state index contributed by atoms with van der Waals surface area (Å²) in [6, 6.07) is 3.79. The zero-order valence-corrected chi connectivity index (χ0v) is 14.4. The van der Waals surface area contributed by atoms with Crippen LogP contribution in [0.5, 0.6) is 5.75 Å². The largest absolute Gasteiger partial charge is 0.495 e. The lowest BCUT2D eigenvalue weighted by Crippen LogP contribution is -2.17. The first-order valence-corrected chi connectivity index (χ1v) is 7.53. The highest BCUT2D eigenvalue weighted by atomic mass is 16.5. The van der Waals surface area contributed by atoms with E-state index >= 15 is 0 Å². The van der Waals surface area contributed by atoms with Crippen LogP contribution in [0.15, 0.2) is 17.1 Å². The number of benzene rings is 1. The quantitative estimate of drug-likeness (QED) is 0.645. The van der Waals surface area contributed by atoms with Crippen molar-refractivity contribution in [1.29, 1.82) is 0 Å². The van der Waals surface area contributed by atoms with Crippen LogP contribution >= 0.6 is 0 Å². The predicted octanol–water partition coefficient (Wildman–Crippen LogP) is 3.44. The summed E-state index contributed by atoms with van der Waals surface area (Å²) in [5.41, 5.74) is 9.63. The molecule has 1 aromatic rings. The van der Waals surface area contributed by atoms with Crippen molar-refractivity contribution in [1.82, 2.24) is 0 Å². The zero-order chi connectivity index (χ0) is 16.6. The molecule has 0 bridgehead atoms. The molecule has 0 radical (unpaired) electrons. The highest BCUT2D eigenvalue weighted by Crippen LogP contribution is 2.29. The number of anilines is 1. The topological polar surface area (TPSA) is 67.8 Å². The van der Waals surface area contributed by atoms with Gasteiger partial charge < -0.3 is 15.6 Å². The average molecular weight is 294 g/mol. The lowest BCUT2D eigenvalue weighted by molar-refractivity contribution is 0.274. The van der Waals surface area contributed by atoms with Gasteiger partial charge in [0, 0.05) is 11.3 Å². The van der Waals surface area contributed by atoms with E-state index in [9.17, 15) is 5.11 Å². The summed E-state index contributed by atoms with van der Waals surface area (Å²) in [5.74, 6) is 0.891. The lowest BCUT2D eigenvalue weighted by Gasteiger charge is -2.18. The molecule has 1 aromatic carbocycles. The number of aliphatic hydroxyl groups excluding tert-OH is 1. The van der Waals surface area contributed by atoms with Crippen molar-refractivity contribution in [2.45, 2.75) is 47.6 Å². The van der Waals surface area contributed by atoms with Crippen LogP contribution in [0.3, 0.4) is 0 Å². The fourth-order valence-electron chi connectivity index (χ4n) is 1.95. The van der Waals surface area contributed by atoms with Crippen molar-refractivity contribution in [2.24, 2.45) is 10.9 Å². The second kappa shape index (κ2) is 9.40. The maximum atomic E-state index is 9.17. The number of hydrogen-bond donors (Lipinski definition) is 2. The molecule has 0 spiro atoms. The van der Waals surface area contributed by atoms with E-state index in [1.165, 1.54) is 0 Å². The summed E-state index contributed by atoms with van der Waals surface area (Å²) < 4.78 is 5.30. The summed E-state index contributed by atoms with van der Waals surface area (Å²) in [7, 11) is 1.61. The molecule has 0 aliphatic rings. The summed E-state index contributed by atoms with van der Waals surface area (Å²) >= 11 is 0. The number of aryl methyl sites for hydroxylation is 1. The first kappa shape index (κ1) is 19.4. The Morgan fingerprint density at radius 1 is 1.29 bits per heavy atom. The van der Waals surface area contributed by atoms with Gasteiger partial charge in [-0.3, -0.25) is 4.99 Å².